The maximum absolute atomic E-state index is 10.4. The number of aliphatic hydroxyl groups excluding tert-OH is 3. The van der Waals surface area contributed by atoms with Crippen LogP contribution >= 0.6 is 7.82 Å². The fraction of sp³-hybridized carbons (Fsp3) is 0.833. The molecule has 8 nitrogen and oxygen atoms in total. The normalized spacial score (nSPS) is 20.4. The molecule has 9 heteroatoms. The van der Waals surface area contributed by atoms with Crippen molar-refractivity contribution in [2.24, 2.45) is 0 Å². The van der Waals surface area contributed by atoms with Crippen LogP contribution in [0.1, 0.15) is 6.92 Å². The Kier molecular flexibility index (Phi) is 5.54. The Labute approximate surface area is 85.4 Å². The summed E-state index contributed by atoms with van der Waals surface area (Å²) in [5.74, 6) is 0. The molecule has 15 heavy (non-hydrogen) atoms. The molecule has 0 heterocycles. The van der Waals surface area contributed by atoms with Crippen molar-refractivity contribution in [2.75, 3.05) is 0 Å². The van der Waals surface area contributed by atoms with Gasteiger partial charge in [-0.05, 0) is 6.92 Å². The molecule has 0 unspecified atom stereocenters. The first-order valence-electron chi connectivity index (χ1n) is 3.92. The molecular formula is C6H13O8P. The number of phosphoric ester groups is 1. The maximum Gasteiger partial charge on any atom is 0.470 e. The van der Waals surface area contributed by atoms with Crippen LogP contribution in [0.2, 0.25) is 0 Å². The molecule has 0 amide bonds. The van der Waals surface area contributed by atoms with Gasteiger partial charge in [-0.15, -0.1) is 0 Å². The third kappa shape index (κ3) is 5.33. The van der Waals surface area contributed by atoms with E-state index in [9.17, 15) is 14.5 Å². The number of aldehydes is 1. The zero-order valence-corrected chi connectivity index (χ0v) is 8.69. The van der Waals surface area contributed by atoms with Crippen LogP contribution in [0.25, 0.3) is 0 Å². The van der Waals surface area contributed by atoms with Gasteiger partial charge in [-0.2, -0.15) is 0 Å². The molecule has 0 bridgehead atoms. The molecule has 0 saturated heterocycles. The highest BCUT2D eigenvalue weighted by atomic mass is 31.2. The van der Waals surface area contributed by atoms with Gasteiger partial charge >= 0.3 is 7.82 Å². The van der Waals surface area contributed by atoms with Gasteiger partial charge in [-0.25, -0.2) is 4.57 Å². The minimum Gasteiger partial charge on any atom is -0.391 e. The number of hydrogen-bond donors (Lipinski definition) is 5. The Bertz CT molecular complexity index is 248. The lowest BCUT2D eigenvalue weighted by molar-refractivity contribution is -0.131. The number of phosphoric acid groups is 1. The molecule has 0 aliphatic heterocycles. The average molecular weight is 244 g/mol. The molecule has 0 aromatic rings. The van der Waals surface area contributed by atoms with Gasteiger partial charge < -0.3 is 29.9 Å². The van der Waals surface area contributed by atoms with Crippen molar-refractivity contribution in [3.8, 4) is 0 Å². The van der Waals surface area contributed by atoms with Crippen LogP contribution in [0.4, 0.5) is 0 Å². The SMILES string of the molecule is C[C@@H](O)[C@@H](O)[C@H](O)[C@@H](C=O)OP(=O)(O)O. The second kappa shape index (κ2) is 5.66. The van der Waals surface area contributed by atoms with E-state index in [0.29, 0.717) is 0 Å². The number of carbonyl (C=O) groups is 1. The summed E-state index contributed by atoms with van der Waals surface area (Å²) in [7, 11) is -4.95. The Morgan fingerprint density at radius 1 is 1.20 bits per heavy atom. The van der Waals surface area contributed by atoms with Gasteiger partial charge in [0.2, 0.25) is 0 Å². The van der Waals surface area contributed by atoms with Crippen LogP contribution < -0.4 is 0 Å². The van der Waals surface area contributed by atoms with Crippen LogP contribution in [0.3, 0.4) is 0 Å². The van der Waals surface area contributed by atoms with Crippen LogP contribution in [-0.4, -0.2) is 55.8 Å². The zero-order valence-electron chi connectivity index (χ0n) is 7.79. The summed E-state index contributed by atoms with van der Waals surface area (Å²) in [5.41, 5.74) is 0. The first kappa shape index (κ1) is 14.7. The van der Waals surface area contributed by atoms with E-state index in [2.05, 4.69) is 4.52 Å². The molecule has 0 aliphatic carbocycles. The molecule has 0 radical (unpaired) electrons. The lowest BCUT2D eigenvalue weighted by atomic mass is 10.1. The van der Waals surface area contributed by atoms with E-state index in [4.69, 9.17) is 20.0 Å². The fourth-order valence-electron chi connectivity index (χ4n) is 0.806. The van der Waals surface area contributed by atoms with Crippen LogP contribution in [0, 0.1) is 0 Å². The Hall–Kier alpha value is -0.340. The largest absolute Gasteiger partial charge is 0.470 e. The topological polar surface area (TPSA) is 145 Å². The molecule has 0 saturated carbocycles. The highest BCUT2D eigenvalue weighted by Crippen LogP contribution is 2.38. The number of aliphatic hydroxyl groups is 3. The number of rotatable bonds is 6. The first-order chi connectivity index (χ1) is 6.69. The minimum absolute atomic E-state index is 0.0741. The van der Waals surface area contributed by atoms with E-state index in [1.54, 1.807) is 0 Å². The lowest BCUT2D eigenvalue weighted by Gasteiger charge is -2.24. The third-order valence-corrected chi connectivity index (χ3v) is 2.09. The summed E-state index contributed by atoms with van der Waals surface area (Å²) in [4.78, 5) is 27.1. The van der Waals surface area contributed by atoms with Gasteiger partial charge in [0.05, 0.1) is 6.10 Å². The van der Waals surface area contributed by atoms with E-state index in [0.717, 1.165) is 6.92 Å². The van der Waals surface area contributed by atoms with Crippen molar-refractivity contribution in [1.82, 2.24) is 0 Å². The molecular weight excluding hydrogens is 231 g/mol. The van der Waals surface area contributed by atoms with Crippen LogP contribution in [-0.2, 0) is 13.9 Å². The van der Waals surface area contributed by atoms with Crippen molar-refractivity contribution < 1.29 is 39.0 Å². The summed E-state index contributed by atoms with van der Waals surface area (Å²) in [6.45, 7) is 1.13. The Morgan fingerprint density at radius 3 is 1.93 bits per heavy atom. The standard InChI is InChI=1S/C6H13O8P/c1-3(8)5(9)6(10)4(2-7)14-15(11,12)13/h2-6,8-10H,1H3,(H2,11,12,13)/t3-,4-,5-,6-/m1/s1. The summed E-state index contributed by atoms with van der Waals surface area (Å²) >= 11 is 0. The minimum atomic E-state index is -4.95. The highest BCUT2D eigenvalue weighted by Gasteiger charge is 2.34. The molecule has 0 spiro atoms. The summed E-state index contributed by atoms with van der Waals surface area (Å²) in [5, 5.41) is 27.2. The third-order valence-electron chi connectivity index (χ3n) is 1.57. The van der Waals surface area contributed by atoms with E-state index in [-0.39, 0.29) is 6.29 Å². The molecule has 0 rings (SSSR count). The van der Waals surface area contributed by atoms with Crippen LogP contribution in [0.5, 0.6) is 0 Å². The average Bonchev–Trinajstić information content (AvgIpc) is 2.10. The molecule has 5 N–H and O–H groups in total. The molecule has 0 aliphatic rings. The lowest BCUT2D eigenvalue weighted by Crippen LogP contribution is -2.44. The predicted octanol–water partition coefficient (Wildman–Crippen LogP) is -2.23. The summed E-state index contributed by atoms with van der Waals surface area (Å²) in [6.07, 6.45) is -7.02. The van der Waals surface area contributed by atoms with Gasteiger partial charge in [0, 0.05) is 0 Å². The summed E-state index contributed by atoms with van der Waals surface area (Å²) in [6, 6.07) is 0. The van der Waals surface area contributed by atoms with Crippen molar-refractivity contribution in [2.45, 2.75) is 31.3 Å². The van der Waals surface area contributed by atoms with E-state index in [1.807, 2.05) is 0 Å². The molecule has 0 fully saturated rings. The molecule has 0 aromatic carbocycles. The summed E-state index contributed by atoms with van der Waals surface area (Å²) < 4.78 is 14.3. The highest BCUT2D eigenvalue weighted by molar-refractivity contribution is 7.46. The van der Waals surface area contributed by atoms with E-state index >= 15 is 0 Å². The van der Waals surface area contributed by atoms with E-state index in [1.165, 1.54) is 0 Å². The first-order valence-corrected chi connectivity index (χ1v) is 5.45. The van der Waals surface area contributed by atoms with Crippen molar-refractivity contribution >= 4 is 14.1 Å². The van der Waals surface area contributed by atoms with Gasteiger partial charge in [0.1, 0.15) is 12.2 Å². The second-order valence-electron chi connectivity index (χ2n) is 2.92. The van der Waals surface area contributed by atoms with Gasteiger partial charge in [-0.1, -0.05) is 0 Å². The molecule has 4 atom stereocenters. The Balaban J connectivity index is 4.54. The van der Waals surface area contributed by atoms with Gasteiger partial charge in [-0.3, -0.25) is 4.52 Å². The predicted molar refractivity (Wildman–Crippen MR) is 46.7 cm³/mol. The number of carbonyl (C=O) groups excluding carboxylic acids is 1. The second-order valence-corrected chi connectivity index (χ2v) is 4.11. The monoisotopic (exact) mass is 244 g/mol. The number of hydrogen-bond acceptors (Lipinski definition) is 6. The maximum atomic E-state index is 10.4. The molecule has 90 valence electrons. The van der Waals surface area contributed by atoms with Crippen molar-refractivity contribution in [3.63, 3.8) is 0 Å². The quantitative estimate of drug-likeness (QED) is 0.260. The van der Waals surface area contributed by atoms with Crippen molar-refractivity contribution in [1.29, 1.82) is 0 Å². The smallest absolute Gasteiger partial charge is 0.391 e. The fourth-order valence-corrected chi connectivity index (χ4v) is 1.30. The van der Waals surface area contributed by atoms with Gasteiger partial charge in [0.15, 0.2) is 12.4 Å². The zero-order chi connectivity index (χ0) is 12.2. The van der Waals surface area contributed by atoms with Crippen molar-refractivity contribution in [3.05, 3.63) is 0 Å². The molecule has 0 aromatic heterocycles. The Morgan fingerprint density at radius 2 is 1.67 bits per heavy atom. The van der Waals surface area contributed by atoms with Gasteiger partial charge in [0.25, 0.3) is 0 Å². The van der Waals surface area contributed by atoms with Crippen LogP contribution in [0.15, 0.2) is 0 Å². The van der Waals surface area contributed by atoms with E-state index < -0.39 is 32.2 Å².